The average molecular weight is 867 g/mol. The fourth-order valence-corrected chi connectivity index (χ4v) is 10.2. The first-order valence-electron chi connectivity index (χ1n) is 23.2. The second kappa shape index (κ2) is 16.4. The first kappa shape index (κ1) is 39.3. The Bertz CT molecular complexity index is 3790. The summed E-state index contributed by atoms with van der Waals surface area (Å²) in [5.41, 5.74) is 18.4. The molecular formula is C64H42N4. The number of rotatable bonds is 8. The smallest absolute Gasteiger partial charge is 0.160 e. The minimum Gasteiger partial charge on any atom is -0.309 e. The van der Waals surface area contributed by atoms with Crippen LogP contribution in [0.15, 0.2) is 255 Å². The van der Waals surface area contributed by atoms with Gasteiger partial charge in [0.25, 0.3) is 0 Å². The van der Waals surface area contributed by atoms with Gasteiger partial charge in [0.2, 0.25) is 0 Å². The third-order valence-corrected chi connectivity index (χ3v) is 13.4. The van der Waals surface area contributed by atoms with Crippen LogP contribution in [0.25, 0.3) is 122 Å². The molecule has 0 spiro atoms. The molecule has 0 aliphatic heterocycles. The van der Waals surface area contributed by atoms with Gasteiger partial charge in [0, 0.05) is 49.4 Å². The van der Waals surface area contributed by atoms with Gasteiger partial charge in [0.05, 0.1) is 44.8 Å². The molecule has 0 fully saturated rings. The second-order valence-electron chi connectivity index (χ2n) is 17.3. The van der Waals surface area contributed by atoms with Crippen molar-refractivity contribution in [3.8, 4) is 78.7 Å². The Hall–Kier alpha value is -9.12. The van der Waals surface area contributed by atoms with Crippen LogP contribution in [0.4, 0.5) is 0 Å². The third kappa shape index (κ3) is 6.69. The van der Waals surface area contributed by atoms with Crippen molar-refractivity contribution in [2.75, 3.05) is 0 Å². The van der Waals surface area contributed by atoms with Crippen LogP contribution in [0.1, 0.15) is 0 Å². The highest BCUT2D eigenvalue weighted by Crippen LogP contribution is 2.44. The Labute approximate surface area is 394 Å². The standard InChI is InChI=1S/C64H42N4/c1-5-19-43(20-6-1)47-33-36-62-54(39-47)55-40-48(44-21-7-2-8-22-44)34-37-63(55)68(62)61-38-35-49(64-65-56(45-23-9-3-10-24-45)42-57(66-64)46-25-11-4-12-26-46)41-53(61)52-29-15-18-32-60(52)67-58-30-16-13-27-50(58)51-28-14-17-31-59(51)67/h1-42H. The maximum Gasteiger partial charge on any atom is 0.160 e. The fourth-order valence-electron chi connectivity index (χ4n) is 10.2. The summed E-state index contributed by atoms with van der Waals surface area (Å²) in [5, 5.41) is 4.82. The highest BCUT2D eigenvalue weighted by Gasteiger charge is 2.23. The number of aromatic nitrogens is 4. The molecule has 0 amide bonds. The molecule has 3 heterocycles. The van der Waals surface area contributed by atoms with E-state index in [4.69, 9.17) is 9.97 Å². The summed E-state index contributed by atoms with van der Waals surface area (Å²) >= 11 is 0. The highest BCUT2D eigenvalue weighted by molar-refractivity contribution is 6.13. The molecule has 0 N–H and O–H groups in total. The molecule has 0 unspecified atom stereocenters. The van der Waals surface area contributed by atoms with E-state index in [1.807, 2.05) is 12.1 Å². The number of hydrogen-bond donors (Lipinski definition) is 0. The summed E-state index contributed by atoms with van der Waals surface area (Å²) < 4.78 is 4.90. The summed E-state index contributed by atoms with van der Waals surface area (Å²) in [6, 6.07) is 91.3. The van der Waals surface area contributed by atoms with Crippen LogP contribution in [-0.2, 0) is 0 Å². The van der Waals surface area contributed by atoms with Crippen LogP contribution in [0, 0.1) is 0 Å². The van der Waals surface area contributed by atoms with Gasteiger partial charge in [-0.2, -0.15) is 0 Å². The Kier molecular flexibility index (Phi) is 9.47. The molecular weight excluding hydrogens is 825 g/mol. The van der Waals surface area contributed by atoms with Gasteiger partial charge in [-0.1, -0.05) is 188 Å². The van der Waals surface area contributed by atoms with E-state index in [2.05, 4.69) is 252 Å². The molecule has 10 aromatic carbocycles. The number of benzene rings is 10. The summed E-state index contributed by atoms with van der Waals surface area (Å²) in [4.78, 5) is 10.7. The third-order valence-electron chi connectivity index (χ3n) is 13.4. The lowest BCUT2D eigenvalue weighted by Crippen LogP contribution is -2.03. The molecule has 0 saturated carbocycles. The molecule has 318 valence electrons. The zero-order valence-corrected chi connectivity index (χ0v) is 37.0. The molecule has 3 aromatic heterocycles. The highest BCUT2D eigenvalue weighted by atomic mass is 15.0. The van der Waals surface area contributed by atoms with Gasteiger partial charge < -0.3 is 9.13 Å². The normalized spacial score (nSPS) is 11.5. The van der Waals surface area contributed by atoms with Crippen LogP contribution in [-0.4, -0.2) is 19.1 Å². The summed E-state index contributed by atoms with van der Waals surface area (Å²) in [5.74, 6) is 0.662. The molecule has 4 heteroatoms. The molecule has 4 nitrogen and oxygen atoms in total. The van der Waals surface area contributed by atoms with E-state index in [0.29, 0.717) is 5.82 Å². The van der Waals surface area contributed by atoms with E-state index in [0.717, 1.165) is 72.6 Å². The topological polar surface area (TPSA) is 35.6 Å². The first-order chi connectivity index (χ1) is 33.7. The van der Waals surface area contributed by atoms with Crippen molar-refractivity contribution >= 4 is 43.6 Å². The quantitative estimate of drug-likeness (QED) is 0.153. The van der Waals surface area contributed by atoms with Crippen molar-refractivity contribution in [2.24, 2.45) is 0 Å². The minimum atomic E-state index is 0.662. The Morgan fingerprint density at radius 2 is 0.632 bits per heavy atom. The average Bonchev–Trinajstić information content (AvgIpc) is 3.93. The van der Waals surface area contributed by atoms with Gasteiger partial charge in [-0.3, -0.25) is 0 Å². The molecule has 68 heavy (non-hydrogen) atoms. The van der Waals surface area contributed by atoms with Crippen LogP contribution in [0.3, 0.4) is 0 Å². The lowest BCUT2D eigenvalue weighted by atomic mass is 9.97. The maximum atomic E-state index is 5.33. The SMILES string of the molecule is c1ccc(-c2ccc3c(c2)c2cc(-c4ccccc4)ccc2n3-c2ccc(-c3nc(-c4ccccc4)cc(-c4ccccc4)n3)cc2-c2ccccc2-n2c3ccccc3c3ccccc32)cc1. The zero-order valence-electron chi connectivity index (χ0n) is 37.0. The molecule has 0 bridgehead atoms. The van der Waals surface area contributed by atoms with Crippen LogP contribution in [0.2, 0.25) is 0 Å². The second-order valence-corrected chi connectivity index (χ2v) is 17.3. The molecule has 0 aliphatic carbocycles. The summed E-state index contributed by atoms with van der Waals surface area (Å²) in [6.07, 6.45) is 0. The van der Waals surface area contributed by atoms with Crippen LogP contribution < -0.4 is 0 Å². The first-order valence-corrected chi connectivity index (χ1v) is 23.2. The lowest BCUT2D eigenvalue weighted by Gasteiger charge is -2.20. The maximum absolute atomic E-state index is 5.33. The number of fused-ring (bicyclic) bond motifs is 6. The molecule has 13 aromatic rings. The molecule has 0 radical (unpaired) electrons. The summed E-state index contributed by atoms with van der Waals surface area (Å²) in [7, 11) is 0. The van der Waals surface area contributed by atoms with Crippen molar-refractivity contribution in [1.29, 1.82) is 0 Å². The van der Waals surface area contributed by atoms with Crippen molar-refractivity contribution < 1.29 is 0 Å². The zero-order chi connectivity index (χ0) is 45.0. The molecule has 0 aliphatic rings. The van der Waals surface area contributed by atoms with Crippen molar-refractivity contribution in [3.63, 3.8) is 0 Å². The van der Waals surface area contributed by atoms with E-state index >= 15 is 0 Å². The minimum absolute atomic E-state index is 0.662. The predicted molar refractivity (Wildman–Crippen MR) is 283 cm³/mol. The largest absolute Gasteiger partial charge is 0.309 e. The van der Waals surface area contributed by atoms with Gasteiger partial charge in [-0.25, -0.2) is 9.97 Å². The van der Waals surface area contributed by atoms with E-state index in [9.17, 15) is 0 Å². The Morgan fingerprint density at radius 1 is 0.235 bits per heavy atom. The Morgan fingerprint density at radius 3 is 1.15 bits per heavy atom. The van der Waals surface area contributed by atoms with Gasteiger partial charge in [-0.05, 0) is 89.0 Å². The van der Waals surface area contributed by atoms with E-state index in [1.54, 1.807) is 0 Å². The molecule has 13 rings (SSSR count). The van der Waals surface area contributed by atoms with Crippen molar-refractivity contribution in [2.45, 2.75) is 0 Å². The Balaban J connectivity index is 1.11. The van der Waals surface area contributed by atoms with E-state index in [-0.39, 0.29) is 0 Å². The predicted octanol–water partition coefficient (Wildman–Crippen LogP) is 16.7. The molecule has 0 saturated heterocycles. The lowest BCUT2D eigenvalue weighted by molar-refractivity contribution is 1.15. The fraction of sp³-hybridized carbons (Fsp3) is 0. The van der Waals surface area contributed by atoms with Crippen molar-refractivity contribution in [1.82, 2.24) is 19.1 Å². The van der Waals surface area contributed by atoms with E-state index in [1.165, 1.54) is 43.8 Å². The van der Waals surface area contributed by atoms with Gasteiger partial charge >= 0.3 is 0 Å². The molecule has 0 atom stereocenters. The van der Waals surface area contributed by atoms with E-state index < -0.39 is 0 Å². The number of nitrogens with zero attached hydrogens (tertiary/aromatic N) is 4. The van der Waals surface area contributed by atoms with Gasteiger partial charge in [0.1, 0.15) is 0 Å². The van der Waals surface area contributed by atoms with Gasteiger partial charge in [-0.15, -0.1) is 0 Å². The van der Waals surface area contributed by atoms with Crippen molar-refractivity contribution in [3.05, 3.63) is 255 Å². The van der Waals surface area contributed by atoms with Gasteiger partial charge in [0.15, 0.2) is 5.82 Å². The summed E-state index contributed by atoms with van der Waals surface area (Å²) in [6.45, 7) is 0. The van der Waals surface area contributed by atoms with Crippen LogP contribution >= 0.6 is 0 Å². The van der Waals surface area contributed by atoms with Crippen LogP contribution in [0.5, 0.6) is 0 Å². The monoisotopic (exact) mass is 866 g/mol. The number of para-hydroxylation sites is 3. The number of hydrogen-bond acceptors (Lipinski definition) is 2.